The standard InChI is InChI=1S/C9H10N4O3/c1-2-6-11-9-10-5(4-8(15)16)3-7(14)13(9)12-6/h3H,2,4H2,1H3,(H,15,16)(H,10,11,12). The average Bonchev–Trinajstić information content (AvgIpc) is 2.60. The summed E-state index contributed by atoms with van der Waals surface area (Å²) >= 11 is 0. The lowest BCUT2D eigenvalue weighted by molar-refractivity contribution is -0.136. The number of rotatable bonds is 3. The van der Waals surface area contributed by atoms with Crippen molar-refractivity contribution < 1.29 is 9.90 Å². The highest BCUT2D eigenvalue weighted by Crippen LogP contribution is 1.99. The van der Waals surface area contributed by atoms with Crippen LogP contribution in [0.3, 0.4) is 0 Å². The van der Waals surface area contributed by atoms with Crippen LogP contribution in [0.15, 0.2) is 10.9 Å². The molecule has 0 unspecified atom stereocenters. The summed E-state index contributed by atoms with van der Waals surface area (Å²) in [6.45, 7) is 1.89. The first-order valence-electron chi connectivity index (χ1n) is 4.79. The number of H-pyrrole nitrogens is 1. The number of hydrogen-bond donors (Lipinski definition) is 2. The minimum Gasteiger partial charge on any atom is -0.481 e. The largest absolute Gasteiger partial charge is 0.481 e. The van der Waals surface area contributed by atoms with Crippen LogP contribution in [0.25, 0.3) is 5.78 Å². The first kappa shape index (κ1) is 10.3. The van der Waals surface area contributed by atoms with E-state index in [4.69, 9.17) is 5.11 Å². The SMILES string of the molecule is CCc1nc2nc(CC(=O)O)cc(=O)n2[nH]1. The van der Waals surface area contributed by atoms with Crippen molar-refractivity contribution in [2.75, 3.05) is 0 Å². The Hall–Kier alpha value is -2.18. The molecule has 0 atom stereocenters. The van der Waals surface area contributed by atoms with E-state index in [1.807, 2.05) is 6.92 Å². The maximum absolute atomic E-state index is 11.6. The van der Waals surface area contributed by atoms with Gasteiger partial charge in [0.1, 0.15) is 5.82 Å². The van der Waals surface area contributed by atoms with Gasteiger partial charge in [-0.1, -0.05) is 6.92 Å². The van der Waals surface area contributed by atoms with Gasteiger partial charge in [0, 0.05) is 12.5 Å². The van der Waals surface area contributed by atoms with E-state index in [1.165, 1.54) is 10.6 Å². The molecule has 0 aliphatic carbocycles. The summed E-state index contributed by atoms with van der Waals surface area (Å²) in [5.41, 5.74) is -0.139. The highest BCUT2D eigenvalue weighted by atomic mass is 16.4. The Morgan fingerprint density at radius 2 is 2.31 bits per heavy atom. The number of nitrogens with one attached hydrogen (secondary N) is 1. The van der Waals surface area contributed by atoms with E-state index >= 15 is 0 Å². The zero-order valence-corrected chi connectivity index (χ0v) is 8.60. The lowest BCUT2D eigenvalue weighted by Crippen LogP contribution is -2.17. The Morgan fingerprint density at radius 3 is 2.94 bits per heavy atom. The van der Waals surface area contributed by atoms with Gasteiger partial charge in [0.15, 0.2) is 0 Å². The molecule has 0 saturated carbocycles. The van der Waals surface area contributed by atoms with Crippen LogP contribution in [0.2, 0.25) is 0 Å². The summed E-state index contributed by atoms with van der Waals surface area (Å²) in [7, 11) is 0. The van der Waals surface area contributed by atoms with Gasteiger partial charge < -0.3 is 5.11 Å². The molecule has 84 valence electrons. The fourth-order valence-electron chi connectivity index (χ4n) is 1.37. The number of aromatic amines is 1. The number of aromatic nitrogens is 4. The minimum absolute atomic E-state index is 0.209. The number of carboxylic acid groups (broad SMARTS) is 1. The van der Waals surface area contributed by atoms with Gasteiger partial charge in [-0.15, -0.1) is 0 Å². The number of nitrogens with zero attached hydrogens (tertiary/aromatic N) is 3. The summed E-state index contributed by atoms with van der Waals surface area (Å²) in [5.74, 6) is -0.180. The molecule has 2 aromatic rings. The molecule has 0 saturated heterocycles. The molecule has 0 spiro atoms. The van der Waals surface area contributed by atoms with Crippen molar-refractivity contribution in [3.05, 3.63) is 27.9 Å². The van der Waals surface area contributed by atoms with Gasteiger partial charge in [-0.3, -0.25) is 14.7 Å². The zero-order chi connectivity index (χ0) is 11.7. The van der Waals surface area contributed by atoms with Crippen LogP contribution < -0.4 is 5.56 Å². The molecule has 0 amide bonds. The maximum atomic E-state index is 11.6. The molecule has 0 aliphatic rings. The topological polar surface area (TPSA) is 100 Å². The van der Waals surface area contributed by atoms with Crippen molar-refractivity contribution in [1.82, 2.24) is 19.6 Å². The molecular formula is C9H10N4O3. The normalized spacial score (nSPS) is 10.8. The number of fused-ring (bicyclic) bond motifs is 1. The molecule has 2 rings (SSSR count). The molecule has 0 aliphatic heterocycles. The third kappa shape index (κ3) is 1.79. The van der Waals surface area contributed by atoms with E-state index in [-0.39, 0.29) is 23.5 Å². The number of aliphatic carboxylic acids is 1. The molecular weight excluding hydrogens is 212 g/mol. The fraction of sp³-hybridized carbons (Fsp3) is 0.333. The van der Waals surface area contributed by atoms with Gasteiger partial charge in [-0.25, -0.2) is 4.98 Å². The highest BCUT2D eigenvalue weighted by Gasteiger charge is 2.09. The first-order valence-corrected chi connectivity index (χ1v) is 4.79. The third-order valence-electron chi connectivity index (χ3n) is 2.10. The molecule has 0 aromatic carbocycles. The zero-order valence-electron chi connectivity index (χ0n) is 8.60. The summed E-state index contributed by atoms with van der Waals surface area (Å²) < 4.78 is 1.20. The Labute approximate surface area is 89.8 Å². The second kappa shape index (κ2) is 3.76. The summed E-state index contributed by atoms with van der Waals surface area (Å²) in [4.78, 5) is 30.1. The predicted molar refractivity (Wildman–Crippen MR) is 54.3 cm³/mol. The van der Waals surface area contributed by atoms with Crippen molar-refractivity contribution in [2.45, 2.75) is 19.8 Å². The van der Waals surface area contributed by atoms with Crippen molar-refractivity contribution in [1.29, 1.82) is 0 Å². The number of aryl methyl sites for hydroxylation is 1. The molecule has 2 N–H and O–H groups in total. The number of hydrogen-bond acceptors (Lipinski definition) is 4. The molecule has 7 nitrogen and oxygen atoms in total. The maximum Gasteiger partial charge on any atom is 0.309 e. The van der Waals surface area contributed by atoms with Crippen LogP contribution >= 0.6 is 0 Å². The van der Waals surface area contributed by atoms with Gasteiger partial charge in [-0.2, -0.15) is 9.50 Å². The Kier molecular flexibility index (Phi) is 2.43. The second-order valence-corrected chi connectivity index (χ2v) is 3.32. The van der Waals surface area contributed by atoms with E-state index in [1.54, 1.807) is 0 Å². The van der Waals surface area contributed by atoms with Crippen LogP contribution in [0.4, 0.5) is 0 Å². The third-order valence-corrected chi connectivity index (χ3v) is 2.10. The molecule has 0 bridgehead atoms. The van der Waals surface area contributed by atoms with E-state index < -0.39 is 5.97 Å². The molecule has 2 heterocycles. The summed E-state index contributed by atoms with van der Waals surface area (Å²) in [6, 6.07) is 1.19. The smallest absolute Gasteiger partial charge is 0.309 e. The Balaban J connectivity index is 2.57. The second-order valence-electron chi connectivity index (χ2n) is 3.32. The first-order chi connectivity index (χ1) is 7.60. The highest BCUT2D eigenvalue weighted by molar-refractivity contribution is 5.69. The fourth-order valence-corrected chi connectivity index (χ4v) is 1.37. The average molecular weight is 222 g/mol. The van der Waals surface area contributed by atoms with E-state index in [9.17, 15) is 9.59 Å². The van der Waals surface area contributed by atoms with E-state index in [0.29, 0.717) is 12.2 Å². The monoisotopic (exact) mass is 222 g/mol. The molecule has 2 aromatic heterocycles. The van der Waals surface area contributed by atoms with Gasteiger partial charge in [0.25, 0.3) is 11.3 Å². The minimum atomic E-state index is -1.03. The summed E-state index contributed by atoms with van der Waals surface area (Å²) in [6.07, 6.45) is 0.372. The molecule has 0 fully saturated rings. The number of carbonyl (C=O) groups is 1. The van der Waals surface area contributed by atoms with Gasteiger partial charge in [-0.05, 0) is 0 Å². The van der Waals surface area contributed by atoms with Crippen LogP contribution in [0.5, 0.6) is 0 Å². The van der Waals surface area contributed by atoms with Gasteiger partial charge in [0.2, 0.25) is 0 Å². The van der Waals surface area contributed by atoms with E-state index in [2.05, 4.69) is 15.1 Å². The van der Waals surface area contributed by atoms with Crippen LogP contribution in [-0.4, -0.2) is 30.7 Å². The lowest BCUT2D eigenvalue weighted by Gasteiger charge is -1.95. The molecule has 7 heteroatoms. The van der Waals surface area contributed by atoms with Crippen molar-refractivity contribution in [2.24, 2.45) is 0 Å². The Bertz CT molecular complexity index is 598. The summed E-state index contributed by atoms with van der Waals surface area (Å²) in [5, 5.41) is 11.4. The number of carboxylic acids is 1. The van der Waals surface area contributed by atoms with Crippen LogP contribution in [-0.2, 0) is 17.6 Å². The molecule has 0 radical (unpaired) electrons. The van der Waals surface area contributed by atoms with Gasteiger partial charge >= 0.3 is 5.97 Å². The van der Waals surface area contributed by atoms with Gasteiger partial charge in [0.05, 0.1) is 12.1 Å². The van der Waals surface area contributed by atoms with Crippen molar-refractivity contribution in [3.8, 4) is 0 Å². The van der Waals surface area contributed by atoms with Crippen LogP contribution in [0.1, 0.15) is 18.4 Å². The predicted octanol–water partition coefficient (Wildman–Crippen LogP) is -0.393. The lowest BCUT2D eigenvalue weighted by atomic mass is 10.3. The Morgan fingerprint density at radius 1 is 1.56 bits per heavy atom. The van der Waals surface area contributed by atoms with E-state index in [0.717, 1.165) is 0 Å². The van der Waals surface area contributed by atoms with Crippen LogP contribution in [0, 0.1) is 0 Å². The quantitative estimate of drug-likeness (QED) is 0.736. The molecule has 16 heavy (non-hydrogen) atoms. The van der Waals surface area contributed by atoms with Crippen molar-refractivity contribution >= 4 is 11.7 Å². The van der Waals surface area contributed by atoms with Crippen molar-refractivity contribution in [3.63, 3.8) is 0 Å².